The molecule has 0 aromatic rings. The Bertz CT molecular complexity index is 94.5. The van der Waals surface area contributed by atoms with E-state index in [1.807, 2.05) is 0 Å². The third-order valence-electron chi connectivity index (χ3n) is 1.92. The van der Waals surface area contributed by atoms with Crippen LogP contribution in [0, 0.1) is 5.92 Å². The Labute approximate surface area is 75.1 Å². The lowest BCUT2D eigenvalue weighted by atomic mass is 10.1. The number of methoxy groups -OCH3 is 1. The molecule has 0 spiro atoms. The fraction of sp³-hybridized carbons (Fsp3) is 1.00. The number of hydrogen-bond acceptors (Lipinski definition) is 3. The molecule has 2 atom stereocenters. The van der Waals surface area contributed by atoms with Gasteiger partial charge in [0.15, 0.2) is 0 Å². The van der Waals surface area contributed by atoms with Gasteiger partial charge in [-0.3, -0.25) is 0 Å². The number of rotatable bonds is 7. The maximum Gasteiger partial charge on any atom is 0.0584 e. The highest BCUT2D eigenvalue weighted by Crippen LogP contribution is 1.95. The van der Waals surface area contributed by atoms with Crippen LogP contribution in [0.4, 0.5) is 0 Å². The maximum absolute atomic E-state index is 8.88. The Balaban J connectivity index is 3.37. The first-order valence-electron chi connectivity index (χ1n) is 4.57. The van der Waals surface area contributed by atoms with E-state index in [4.69, 9.17) is 9.84 Å². The molecule has 0 amide bonds. The van der Waals surface area contributed by atoms with Gasteiger partial charge in [-0.25, -0.2) is 0 Å². The fourth-order valence-corrected chi connectivity index (χ4v) is 1.05. The average molecular weight is 175 g/mol. The van der Waals surface area contributed by atoms with Gasteiger partial charge in [0.05, 0.1) is 6.61 Å². The van der Waals surface area contributed by atoms with Crippen LogP contribution < -0.4 is 5.32 Å². The van der Waals surface area contributed by atoms with E-state index >= 15 is 0 Å². The van der Waals surface area contributed by atoms with Crippen LogP contribution in [0.3, 0.4) is 0 Å². The number of aliphatic hydroxyl groups excluding tert-OH is 1. The molecule has 0 saturated heterocycles. The highest BCUT2D eigenvalue weighted by molar-refractivity contribution is 4.65. The lowest BCUT2D eigenvalue weighted by Gasteiger charge is -2.17. The fourth-order valence-electron chi connectivity index (χ4n) is 1.05. The van der Waals surface area contributed by atoms with E-state index in [-0.39, 0.29) is 12.6 Å². The van der Waals surface area contributed by atoms with Gasteiger partial charge >= 0.3 is 0 Å². The molecule has 0 aliphatic heterocycles. The average Bonchev–Trinajstić information content (AvgIpc) is 2.07. The number of hydrogen-bond donors (Lipinski definition) is 2. The molecule has 0 radical (unpaired) electrons. The lowest BCUT2D eigenvalue weighted by molar-refractivity contribution is 0.152. The number of aliphatic hydroxyl groups is 1. The van der Waals surface area contributed by atoms with Gasteiger partial charge in [0.2, 0.25) is 0 Å². The van der Waals surface area contributed by atoms with E-state index in [0.717, 1.165) is 19.6 Å². The summed E-state index contributed by atoms with van der Waals surface area (Å²) in [6, 6.07) is 0.240. The van der Waals surface area contributed by atoms with Gasteiger partial charge in [-0.15, -0.1) is 0 Å². The third-order valence-corrected chi connectivity index (χ3v) is 1.92. The van der Waals surface area contributed by atoms with Crippen molar-refractivity contribution in [3.05, 3.63) is 0 Å². The van der Waals surface area contributed by atoms with Crippen LogP contribution in [0.25, 0.3) is 0 Å². The summed E-state index contributed by atoms with van der Waals surface area (Å²) >= 11 is 0. The van der Waals surface area contributed by atoms with Crippen LogP contribution in [0.2, 0.25) is 0 Å². The molecule has 12 heavy (non-hydrogen) atoms. The molecule has 0 aromatic carbocycles. The molecule has 0 aromatic heterocycles. The number of ether oxygens (including phenoxy) is 1. The van der Waals surface area contributed by atoms with Crippen molar-refractivity contribution < 1.29 is 9.84 Å². The second kappa shape index (κ2) is 7.53. The summed E-state index contributed by atoms with van der Waals surface area (Å²) in [5, 5.41) is 12.1. The van der Waals surface area contributed by atoms with Crippen molar-refractivity contribution in [1.29, 1.82) is 0 Å². The molecule has 2 N–H and O–H groups in total. The molecule has 3 nitrogen and oxygen atoms in total. The van der Waals surface area contributed by atoms with E-state index in [2.05, 4.69) is 19.2 Å². The van der Waals surface area contributed by atoms with E-state index in [1.165, 1.54) is 0 Å². The van der Waals surface area contributed by atoms with Crippen LogP contribution in [-0.2, 0) is 4.74 Å². The quantitative estimate of drug-likeness (QED) is 0.596. The normalized spacial score (nSPS) is 16.0. The van der Waals surface area contributed by atoms with Crippen molar-refractivity contribution in [2.75, 3.05) is 26.9 Å². The Hall–Kier alpha value is -0.120. The van der Waals surface area contributed by atoms with E-state index < -0.39 is 0 Å². The predicted molar refractivity (Wildman–Crippen MR) is 50.2 cm³/mol. The first-order chi connectivity index (χ1) is 5.74. The maximum atomic E-state index is 8.88. The summed E-state index contributed by atoms with van der Waals surface area (Å²) < 4.78 is 5.00. The van der Waals surface area contributed by atoms with Crippen LogP contribution in [0.5, 0.6) is 0 Å². The van der Waals surface area contributed by atoms with E-state index in [0.29, 0.717) is 5.92 Å². The van der Waals surface area contributed by atoms with Crippen LogP contribution in [0.15, 0.2) is 0 Å². The zero-order valence-corrected chi connectivity index (χ0v) is 8.34. The largest absolute Gasteiger partial charge is 0.395 e. The van der Waals surface area contributed by atoms with Crippen molar-refractivity contribution in [2.24, 2.45) is 5.92 Å². The van der Waals surface area contributed by atoms with Crippen molar-refractivity contribution in [1.82, 2.24) is 5.32 Å². The van der Waals surface area contributed by atoms with E-state index in [1.54, 1.807) is 7.11 Å². The van der Waals surface area contributed by atoms with Crippen LogP contribution in [-0.4, -0.2) is 38.0 Å². The monoisotopic (exact) mass is 175 g/mol. The van der Waals surface area contributed by atoms with Crippen molar-refractivity contribution in [2.45, 2.75) is 26.3 Å². The van der Waals surface area contributed by atoms with Crippen LogP contribution in [0.1, 0.15) is 20.3 Å². The summed E-state index contributed by atoms with van der Waals surface area (Å²) in [4.78, 5) is 0. The molecular formula is C9H21NO2. The molecule has 0 aliphatic carbocycles. The van der Waals surface area contributed by atoms with Crippen molar-refractivity contribution in [3.8, 4) is 0 Å². The SMILES string of the molecule is CC[C@H](CO)NCC(C)COC. The van der Waals surface area contributed by atoms with Crippen LogP contribution >= 0.6 is 0 Å². The molecule has 0 heterocycles. The van der Waals surface area contributed by atoms with Gasteiger partial charge in [0, 0.05) is 26.3 Å². The molecule has 74 valence electrons. The van der Waals surface area contributed by atoms with Crippen molar-refractivity contribution >= 4 is 0 Å². The molecule has 1 unspecified atom stereocenters. The summed E-state index contributed by atoms with van der Waals surface area (Å²) in [6.07, 6.45) is 0.968. The minimum atomic E-state index is 0.218. The smallest absolute Gasteiger partial charge is 0.0584 e. The Morgan fingerprint density at radius 2 is 2.17 bits per heavy atom. The Morgan fingerprint density at radius 3 is 2.58 bits per heavy atom. The first kappa shape index (κ1) is 11.9. The molecular weight excluding hydrogens is 154 g/mol. The summed E-state index contributed by atoms with van der Waals surface area (Å²) in [5.74, 6) is 0.510. The standard InChI is InChI=1S/C9H21NO2/c1-4-9(6-11)10-5-8(2)7-12-3/h8-11H,4-7H2,1-3H3/t8?,9-/m1/s1. The third kappa shape index (κ3) is 5.52. The number of nitrogens with one attached hydrogen (secondary N) is 1. The summed E-state index contributed by atoms with van der Waals surface area (Å²) in [7, 11) is 1.71. The van der Waals surface area contributed by atoms with Gasteiger partial charge in [-0.1, -0.05) is 13.8 Å². The minimum absolute atomic E-state index is 0.218. The molecule has 3 heteroatoms. The zero-order chi connectivity index (χ0) is 9.40. The molecule has 0 rings (SSSR count). The van der Waals surface area contributed by atoms with Gasteiger partial charge < -0.3 is 15.2 Å². The first-order valence-corrected chi connectivity index (χ1v) is 4.57. The lowest BCUT2D eigenvalue weighted by Crippen LogP contribution is -2.35. The molecule has 0 bridgehead atoms. The Morgan fingerprint density at radius 1 is 1.50 bits per heavy atom. The zero-order valence-electron chi connectivity index (χ0n) is 8.34. The van der Waals surface area contributed by atoms with Gasteiger partial charge in [0.25, 0.3) is 0 Å². The van der Waals surface area contributed by atoms with Gasteiger partial charge in [0.1, 0.15) is 0 Å². The predicted octanol–water partition coefficient (Wildman–Crippen LogP) is 0.629. The second-order valence-electron chi connectivity index (χ2n) is 3.26. The molecule has 0 saturated carbocycles. The van der Waals surface area contributed by atoms with Gasteiger partial charge in [-0.2, -0.15) is 0 Å². The second-order valence-corrected chi connectivity index (χ2v) is 3.26. The Kier molecular flexibility index (Phi) is 7.45. The molecule has 0 fully saturated rings. The topological polar surface area (TPSA) is 41.5 Å². The highest BCUT2D eigenvalue weighted by atomic mass is 16.5. The van der Waals surface area contributed by atoms with Crippen molar-refractivity contribution in [3.63, 3.8) is 0 Å². The summed E-state index contributed by atoms with van der Waals surface area (Å²) in [5.41, 5.74) is 0. The molecule has 0 aliphatic rings. The highest BCUT2D eigenvalue weighted by Gasteiger charge is 2.06. The minimum Gasteiger partial charge on any atom is -0.395 e. The van der Waals surface area contributed by atoms with Gasteiger partial charge in [-0.05, 0) is 12.3 Å². The summed E-state index contributed by atoms with van der Waals surface area (Å²) in [6.45, 7) is 6.09. The van der Waals surface area contributed by atoms with E-state index in [9.17, 15) is 0 Å².